The van der Waals surface area contributed by atoms with E-state index in [0.29, 0.717) is 79.6 Å². The monoisotopic (exact) mass is 926 g/mol. The van der Waals surface area contributed by atoms with Crippen molar-refractivity contribution in [3.8, 4) is 46.6 Å². The lowest BCUT2D eigenvalue weighted by atomic mass is 10.1. The zero-order valence-corrected chi connectivity index (χ0v) is 35.0. The minimum Gasteiger partial charge on any atom is -0.506 e. The number of rotatable bonds is 11. The molecule has 0 aliphatic heterocycles. The van der Waals surface area contributed by atoms with Gasteiger partial charge in [-0.05, 0) is 97.1 Å². The highest BCUT2D eigenvalue weighted by Crippen LogP contribution is 2.35. The Bertz CT molecular complexity index is 3230. The molecule has 8 aromatic rings. The topological polar surface area (TPSA) is 204 Å². The molecule has 0 saturated carbocycles. The molecule has 0 aliphatic carbocycles. The number of pyridine rings is 2. The fourth-order valence-corrected chi connectivity index (χ4v) is 6.22. The van der Waals surface area contributed by atoms with E-state index in [-0.39, 0.29) is 35.2 Å². The summed E-state index contributed by atoms with van der Waals surface area (Å²) in [5.41, 5.74) is 1.98. The number of carbonyl (C=O) groups excluding carboxylic acids is 2. The lowest BCUT2D eigenvalue weighted by Gasteiger charge is -2.12. The molecule has 2 aromatic heterocycles. The normalized spacial score (nSPS) is 10.4. The molecular weight excluding hydrogens is 896 g/mol. The van der Waals surface area contributed by atoms with Crippen LogP contribution in [0.3, 0.4) is 0 Å². The van der Waals surface area contributed by atoms with Gasteiger partial charge in [0.2, 0.25) is 0 Å². The maximum atomic E-state index is 13.7. The van der Waals surface area contributed by atoms with Crippen LogP contribution in [0.25, 0.3) is 21.8 Å². The number of phenols is 1. The third-order valence-corrected chi connectivity index (χ3v) is 9.39. The molecule has 0 spiro atoms. The number of alkyl halides is 1. The van der Waals surface area contributed by atoms with Gasteiger partial charge in [-0.2, -0.15) is 10.5 Å². The molecule has 0 saturated heterocycles. The van der Waals surface area contributed by atoms with Crippen LogP contribution in [0.4, 0.5) is 49.9 Å². The third kappa shape index (κ3) is 11.7. The van der Waals surface area contributed by atoms with Crippen LogP contribution in [-0.2, 0) is 0 Å². The quantitative estimate of drug-likeness (QED) is 0.0613. The molecule has 0 bridgehead atoms. The summed E-state index contributed by atoms with van der Waals surface area (Å²) >= 11 is 5.67. The number of nitrogens with zero attached hydrogens (tertiary/aromatic N) is 4. The van der Waals surface area contributed by atoms with E-state index in [9.17, 15) is 37.5 Å². The Labute approximate surface area is 382 Å². The summed E-state index contributed by atoms with van der Waals surface area (Å²) in [6.45, 7) is 0.259. The van der Waals surface area contributed by atoms with Crippen LogP contribution >= 0.6 is 11.6 Å². The van der Waals surface area contributed by atoms with Gasteiger partial charge in [-0.15, -0.1) is 11.6 Å². The fraction of sp³-hybridized carbons (Fsp3) is 0.0417. The van der Waals surface area contributed by atoms with E-state index >= 15 is 0 Å². The summed E-state index contributed by atoms with van der Waals surface area (Å²) in [7, 11) is 0. The van der Waals surface area contributed by atoms with Crippen molar-refractivity contribution >= 4 is 68.2 Å². The third-order valence-electron chi connectivity index (χ3n) is 9.24. The van der Waals surface area contributed by atoms with Crippen LogP contribution in [-0.4, -0.2) is 39.6 Å². The number of nitrogens with one attached hydrogen (secondary N) is 4. The standard InChI is InChI=1S/C25H17ClF2N4O3.C23H14F2N4O3/c26-8-10-34-24-13-22-19(11-15(24)14-29)23(7-9-30-22)35-18-4-2-17(3-5-18)31-25(33)32-21-6-1-16(27)12-20(21)28;24-14-1-6-19(18(25)10-14)29-23(31)28-15-2-4-16(5-3-15)32-22-7-8-27-20-11-21(30)13(12-26)9-17(20)22/h1-7,9,11-13H,8,10H2,(H2,31,32,33);1-11,30H,(H2,28,29,31). The van der Waals surface area contributed by atoms with Gasteiger partial charge in [0.25, 0.3) is 0 Å². The highest BCUT2D eigenvalue weighted by Gasteiger charge is 2.14. The molecule has 2 heterocycles. The highest BCUT2D eigenvalue weighted by atomic mass is 35.5. The number of benzene rings is 6. The van der Waals surface area contributed by atoms with E-state index in [1.54, 1.807) is 79.0 Å². The number of carbonyl (C=O) groups is 2. The summed E-state index contributed by atoms with van der Waals surface area (Å²) in [5.74, 6) is -0.937. The van der Waals surface area contributed by atoms with Gasteiger partial charge in [-0.1, -0.05) is 0 Å². The number of hydrogen-bond donors (Lipinski definition) is 5. The Kier molecular flexibility index (Phi) is 14.4. The summed E-state index contributed by atoms with van der Waals surface area (Å²) in [5, 5.41) is 39.3. The number of hydrogen-bond acceptors (Lipinski definition) is 10. The number of fused-ring (bicyclic) bond motifs is 2. The molecule has 0 atom stereocenters. The molecule has 5 N–H and O–H groups in total. The van der Waals surface area contributed by atoms with Gasteiger partial charge in [0.1, 0.15) is 76.5 Å². The van der Waals surface area contributed by atoms with Crippen LogP contribution in [0, 0.1) is 45.9 Å². The summed E-state index contributed by atoms with van der Waals surface area (Å²) in [6.07, 6.45) is 3.09. The number of aromatic nitrogens is 2. The second-order valence-electron chi connectivity index (χ2n) is 13.8. The molecule has 334 valence electrons. The number of phenolic OH excluding ortho intramolecular Hbond substituents is 1. The number of urea groups is 2. The summed E-state index contributed by atoms with van der Waals surface area (Å²) in [6, 6.07) is 30.5. The van der Waals surface area contributed by atoms with E-state index in [1.165, 1.54) is 18.3 Å². The fourth-order valence-electron chi connectivity index (χ4n) is 6.15. The average molecular weight is 927 g/mol. The average Bonchev–Trinajstić information content (AvgIpc) is 3.31. The van der Waals surface area contributed by atoms with Crippen molar-refractivity contribution in [2.45, 2.75) is 0 Å². The zero-order chi connectivity index (χ0) is 47.5. The second kappa shape index (κ2) is 21.0. The van der Waals surface area contributed by atoms with Gasteiger partial charge in [0.15, 0.2) is 0 Å². The van der Waals surface area contributed by atoms with Gasteiger partial charge in [-0.25, -0.2) is 27.2 Å². The van der Waals surface area contributed by atoms with Gasteiger partial charge in [0, 0.05) is 58.8 Å². The van der Waals surface area contributed by atoms with Crippen LogP contribution in [0.2, 0.25) is 0 Å². The predicted octanol–water partition coefficient (Wildman–Crippen LogP) is 12.0. The molecule has 8 rings (SSSR count). The molecule has 14 nitrogen and oxygen atoms in total. The maximum absolute atomic E-state index is 13.7. The van der Waals surface area contributed by atoms with E-state index in [0.717, 1.165) is 24.3 Å². The van der Waals surface area contributed by atoms with Crippen molar-refractivity contribution in [3.63, 3.8) is 0 Å². The predicted molar refractivity (Wildman–Crippen MR) is 242 cm³/mol. The van der Waals surface area contributed by atoms with E-state index in [1.807, 2.05) is 6.07 Å². The number of ether oxygens (including phenoxy) is 3. The molecule has 67 heavy (non-hydrogen) atoms. The van der Waals surface area contributed by atoms with Gasteiger partial charge < -0.3 is 40.6 Å². The Morgan fingerprint density at radius 1 is 0.582 bits per heavy atom. The minimum absolute atomic E-state index is 0.0958. The smallest absolute Gasteiger partial charge is 0.323 e. The largest absolute Gasteiger partial charge is 0.506 e. The lowest BCUT2D eigenvalue weighted by Crippen LogP contribution is -2.20. The number of aromatic hydroxyl groups is 1. The van der Waals surface area contributed by atoms with Crippen molar-refractivity contribution in [1.82, 2.24) is 9.97 Å². The number of halogens is 5. The van der Waals surface area contributed by atoms with E-state index in [4.69, 9.17) is 31.1 Å². The Balaban J connectivity index is 0.000000200. The van der Waals surface area contributed by atoms with Crippen LogP contribution < -0.4 is 35.5 Å². The number of anilines is 4. The van der Waals surface area contributed by atoms with Crippen molar-refractivity contribution in [2.24, 2.45) is 0 Å². The molecule has 0 radical (unpaired) electrons. The Hall–Kier alpha value is -9.13. The van der Waals surface area contributed by atoms with Gasteiger partial charge in [0.05, 0.1) is 39.4 Å². The van der Waals surface area contributed by atoms with Gasteiger partial charge >= 0.3 is 12.1 Å². The molecule has 6 aromatic carbocycles. The molecule has 0 fully saturated rings. The van der Waals surface area contributed by atoms with Gasteiger partial charge in [-0.3, -0.25) is 9.97 Å². The Morgan fingerprint density at radius 2 is 1.04 bits per heavy atom. The first-order valence-corrected chi connectivity index (χ1v) is 20.1. The van der Waals surface area contributed by atoms with Crippen LogP contribution in [0.5, 0.6) is 34.5 Å². The SMILES string of the molecule is N#Cc1cc2c(Oc3ccc(NC(=O)Nc4ccc(F)cc4F)cc3)ccnc2cc1O.N#Cc1cc2c(Oc3ccc(NC(=O)Nc4ccc(F)cc4F)cc3)ccnc2cc1OCCCl. The molecule has 0 aliphatic rings. The van der Waals surface area contributed by atoms with Crippen molar-refractivity contribution in [1.29, 1.82) is 10.5 Å². The van der Waals surface area contributed by atoms with Crippen molar-refractivity contribution < 1.29 is 46.5 Å². The van der Waals surface area contributed by atoms with Crippen LogP contribution in [0.1, 0.15) is 11.1 Å². The summed E-state index contributed by atoms with van der Waals surface area (Å²) < 4.78 is 70.7. The van der Waals surface area contributed by atoms with Crippen LogP contribution in [0.15, 0.2) is 134 Å². The molecule has 0 unspecified atom stereocenters. The minimum atomic E-state index is -0.888. The first-order chi connectivity index (χ1) is 32.4. The summed E-state index contributed by atoms with van der Waals surface area (Å²) in [4.78, 5) is 32.7. The molecule has 4 amide bonds. The lowest BCUT2D eigenvalue weighted by molar-refractivity contribution is 0.261. The first kappa shape index (κ1) is 45.9. The highest BCUT2D eigenvalue weighted by molar-refractivity contribution is 6.18. The number of nitriles is 2. The van der Waals surface area contributed by atoms with Crippen molar-refractivity contribution in [3.05, 3.63) is 168 Å². The number of amides is 4. The van der Waals surface area contributed by atoms with Crippen molar-refractivity contribution in [2.75, 3.05) is 33.8 Å². The van der Waals surface area contributed by atoms with E-state index < -0.39 is 35.3 Å². The maximum Gasteiger partial charge on any atom is 0.323 e. The molecule has 19 heteroatoms. The Morgan fingerprint density at radius 3 is 1.49 bits per heavy atom. The second-order valence-corrected chi connectivity index (χ2v) is 14.2. The first-order valence-electron chi connectivity index (χ1n) is 19.5. The molecular formula is C48H31ClF4N8O6. The van der Waals surface area contributed by atoms with E-state index in [2.05, 4.69) is 37.3 Å². The zero-order valence-electron chi connectivity index (χ0n) is 34.3.